The highest BCUT2D eigenvalue weighted by atomic mass is 16.5. The summed E-state index contributed by atoms with van der Waals surface area (Å²) in [5.41, 5.74) is 7.38. The van der Waals surface area contributed by atoms with Crippen molar-refractivity contribution in [3.8, 4) is 0 Å². The molecule has 0 aromatic heterocycles. The number of hydrogen-bond acceptors (Lipinski definition) is 4. The van der Waals surface area contributed by atoms with Crippen LogP contribution in [0.5, 0.6) is 0 Å². The second-order valence-corrected chi connectivity index (χ2v) is 5.48. The first-order chi connectivity index (χ1) is 10.2. The van der Waals surface area contributed by atoms with Gasteiger partial charge in [0.05, 0.1) is 26.2 Å². The first kappa shape index (κ1) is 15.8. The number of benzene rings is 1. The van der Waals surface area contributed by atoms with E-state index in [1.807, 2.05) is 29.2 Å². The van der Waals surface area contributed by atoms with E-state index in [-0.39, 0.29) is 5.91 Å². The van der Waals surface area contributed by atoms with Crippen molar-refractivity contribution in [3.63, 3.8) is 0 Å². The Balaban J connectivity index is 1.73. The van der Waals surface area contributed by atoms with Gasteiger partial charge in [-0.25, -0.2) is 0 Å². The Morgan fingerprint density at radius 1 is 1.33 bits per heavy atom. The van der Waals surface area contributed by atoms with Gasteiger partial charge in [0, 0.05) is 31.8 Å². The monoisotopic (exact) mass is 292 g/mol. The summed E-state index contributed by atoms with van der Waals surface area (Å²) in [5.74, 6) is 0.622. The lowest BCUT2D eigenvalue weighted by atomic mass is 10.1. The number of likely N-dealkylation sites (tertiary alicyclic amines) is 1. The summed E-state index contributed by atoms with van der Waals surface area (Å²) >= 11 is 0. The van der Waals surface area contributed by atoms with Crippen LogP contribution < -0.4 is 5.73 Å². The van der Waals surface area contributed by atoms with E-state index in [4.69, 9.17) is 15.2 Å². The molecule has 1 aliphatic heterocycles. The first-order valence-corrected chi connectivity index (χ1v) is 7.38. The summed E-state index contributed by atoms with van der Waals surface area (Å²) < 4.78 is 10.5. The predicted molar refractivity (Wildman–Crippen MR) is 81.9 cm³/mol. The minimum atomic E-state index is 0.180. The van der Waals surface area contributed by atoms with E-state index in [1.165, 1.54) is 0 Å². The summed E-state index contributed by atoms with van der Waals surface area (Å²) in [6, 6.07) is 7.49. The van der Waals surface area contributed by atoms with Crippen LogP contribution in [0.3, 0.4) is 0 Å². The molecule has 0 saturated carbocycles. The van der Waals surface area contributed by atoms with Crippen LogP contribution in [0, 0.1) is 5.92 Å². The van der Waals surface area contributed by atoms with Crippen LogP contribution in [0.15, 0.2) is 24.3 Å². The second-order valence-electron chi connectivity index (χ2n) is 5.48. The topological polar surface area (TPSA) is 64.8 Å². The molecule has 0 bridgehead atoms. The Kier molecular flexibility index (Phi) is 6.02. The molecule has 0 spiro atoms. The highest BCUT2D eigenvalue weighted by Gasteiger charge is 2.26. The van der Waals surface area contributed by atoms with Gasteiger partial charge in [-0.15, -0.1) is 0 Å². The molecule has 1 aromatic rings. The summed E-state index contributed by atoms with van der Waals surface area (Å²) in [6.07, 6.45) is 1.46. The molecule has 1 atom stereocenters. The molecule has 0 aliphatic carbocycles. The van der Waals surface area contributed by atoms with E-state index in [1.54, 1.807) is 7.11 Å². The molecule has 5 heteroatoms. The zero-order valence-corrected chi connectivity index (χ0v) is 12.6. The number of nitrogens with two attached hydrogens (primary N) is 1. The number of nitrogen functional groups attached to an aromatic ring is 1. The van der Waals surface area contributed by atoms with Gasteiger partial charge in [0.15, 0.2) is 0 Å². The van der Waals surface area contributed by atoms with Gasteiger partial charge in [0.25, 0.3) is 0 Å². The lowest BCUT2D eigenvalue weighted by Crippen LogP contribution is -2.30. The molecule has 21 heavy (non-hydrogen) atoms. The molecule has 1 unspecified atom stereocenters. The third-order valence-electron chi connectivity index (χ3n) is 3.76. The Morgan fingerprint density at radius 2 is 2.10 bits per heavy atom. The van der Waals surface area contributed by atoms with Crippen molar-refractivity contribution in [1.29, 1.82) is 0 Å². The van der Waals surface area contributed by atoms with Crippen LogP contribution in [-0.4, -0.2) is 50.8 Å². The summed E-state index contributed by atoms with van der Waals surface area (Å²) in [6.45, 7) is 3.56. The van der Waals surface area contributed by atoms with Crippen molar-refractivity contribution in [2.75, 3.05) is 45.8 Å². The molecule has 1 aliphatic rings. The molecule has 1 aromatic carbocycles. The molecular weight excluding hydrogens is 268 g/mol. The van der Waals surface area contributed by atoms with Gasteiger partial charge >= 0.3 is 0 Å². The molecule has 1 heterocycles. The number of carbonyl (C=O) groups excluding carboxylic acids is 1. The van der Waals surface area contributed by atoms with Gasteiger partial charge in [-0.3, -0.25) is 4.79 Å². The van der Waals surface area contributed by atoms with E-state index in [2.05, 4.69) is 0 Å². The summed E-state index contributed by atoms with van der Waals surface area (Å²) in [7, 11) is 1.66. The zero-order chi connectivity index (χ0) is 15.1. The van der Waals surface area contributed by atoms with Gasteiger partial charge in [-0.2, -0.15) is 0 Å². The Hall–Kier alpha value is -1.59. The molecule has 5 nitrogen and oxygen atoms in total. The van der Waals surface area contributed by atoms with Crippen LogP contribution in [0.4, 0.5) is 5.69 Å². The molecule has 2 N–H and O–H groups in total. The van der Waals surface area contributed by atoms with Gasteiger partial charge < -0.3 is 20.1 Å². The maximum absolute atomic E-state index is 12.3. The number of anilines is 1. The average Bonchev–Trinajstić information content (AvgIpc) is 2.95. The normalized spacial score (nSPS) is 18.1. The highest BCUT2D eigenvalue weighted by molar-refractivity contribution is 5.79. The summed E-state index contributed by atoms with van der Waals surface area (Å²) in [4.78, 5) is 14.2. The maximum atomic E-state index is 12.3. The Morgan fingerprint density at radius 3 is 2.81 bits per heavy atom. The smallest absolute Gasteiger partial charge is 0.227 e. The average molecular weight is 292 g/mol. The van der Waals surface area contributed by atoms with E-state index >= 15 is 0 Å². The molecule has 1 amide bonds. The van der Waals surface area contributed by atoms with Gasteiger partial charge in [-0.05, 0) is 24.1 Å². The number of amides is 1. The van der Waals surface area contributed by atoms with E-state index in [0.29, 0.717) is 32.2 Å². The summed E-state index contributed by atoms with van der Waals surface area (Å²) in [5, 5.41) is 0. The molecular formula is C16H24N2O3. The Bertz CT molecular complexity index is 447. The van der Waals surface area contributed by atoms with Crippen molar-refractivity contribution in [2.45, 2.75) is 12.8 Å². The van der Waals surface area contributed by atoms with Crippen LogP contribution in [-0.2, 0) is 20.7 Å². The molecule has 1 saturated heterocycles. The fraction of sp³-hybridized carbons (Fsp3) is 0.562. The van der Waals surface area contributed by atoms with E-state index in [9.17, 15) is 4.79 Å². The van der Waals surface area contributed by atoms with Crippen molar-refractivity contribution in [3.05, 3.63) is 29.8 Å². The number of nitrogens with zero attached hydrogens (tertiary/aromatic N) is 1. The van der Waals surface area contributed by atoms with Crippen LogP contribution in [0.1, 0.15) is 12.0 Å². The van der Waals surface area contributed by atoms with E-state index in [0.717, 1.165) is 30.8 Å². The molecule has 1 fully saturated rings. The van der Waals surface area contributed by atoms with Crippen LogP contribution in [0.25, 0.3) is 0 Å². The van der Waals surface area contributed by atoms with Gasteiger partial charge in [0.1, 0.15) is 0 Å². The van der Waals surface area contributed by atoms with Crippen LogP contribution >= 0.6 is 0 Å². The van der Waals surface area contributed by atoms with E-state index < -0.39 is 0 Å². The fourth-order valence-electron chi connectivity index (χ4n) is 2.51. The SMILES string of the molecule is COCCOCC1CCN(C(=O)Cc2ccc(N)cc2)C1. The second kappa shape index (κ2) is 8.00. The number of ether oxygens (including phenoxy) is 2. The standard InChI is InChI=1S/C16H24N2O3/c1-20-8-9-21-12-14-6-7-18(11-14)16(19)10-13-2-4-15(17)5-3-13/h2-5,14H,6-12,17H2,1H3. The van der Waals surface area contributed by atoms with Gasteiger partial charge in [0.2, 0.25) is 5.91 Å². The third kappa shape index (κ3) is 5.02. The predicted octanol–water partition coefficient (Wildman–Crippen LogP) is 1.32. The number of rotatable bonds is 7. The lowest BCUT2D eigenvalue weighted by molar-refractivity contribution is -0.129. The van der Waals surface area contributed by atoms with Crippen molar-refractivity contribution < 1.29 is 14.3 Å². The molecule has 0 radical (unpaired) electrons. The number of hydrogen-bond donors (Lipinski definition) is 1. The third-order valence-corrected chi connectivity index (χ3v) is 3.76. The van der Waals surface area contributed by atoms with Crippen LogP contribution in [0.2, 0.25) is 0 Å². The molecule has 2 rings (SSSR count). The quantitative estimate of drug-likeness (QED) is 0.608. The van der Waals surface area contributed by atoms with Crippen molar-refractivity contribution in [2.24, 2.45) is 5.92 Å². The maximum Gasteiger partial charge on any atom is 0.227 e. The minimum Gasteiger partial charge on any atom is -0.399 e. The van der Waals surface area contributed by atoms with Crippen molar-refractivity contribution >= 4 is 11.6 Å². The lowest BCUT2D eigenvalue weighted by Gasteiger charge is -2.17. The number of methoxy groups -OCH3 is 1. The fourth-order valence-corrected chi connectivity index (χ4v) is 2.51. The highest BCUT2D eigenvalue weighted by Crippen LogP contribution is 2.18. The first-order valence-electron chi connectivity index (χ1n) is 7.38. The van der Waals surface area contributed by atoms with Crippen molar-refractivity contribution in [1.82, 2.24) is 4.90 Å². The van der Waals surface area contributed by atoms with Gasteiger partial charge in [-0.1, -0.05) is 12.1 Å². The molecule has 116 valence electrons. The Labute approximate surface area is 126 Å². The minimum absolute atomic E-state index is 0.180. The largest absolute Gasteiger partial charge is 0.399 e. The number of carbonyl (C=O) groups is 1. The zero-order valence-electron chi connectivity index (χ0n) is 12.6.